The van der Waals surface area contributed by atoms with E-state index in [1.807, 2.05) is 6.07 Å². The number of hydrogen-bond donors (Lipinski definition) is 3. The number of nitrogens with one attached hydrogen (secondary N) is 2. The number of benzene rings is 1. The van der Waals surface area contributed by atoms with Crippen LogP contribution in [0.25, 0.3) is 0 Å². The zero-order valence-corrected chi connectivity index (χ0v) is 12.8. The second kappa shape index (κ2) is 6.03. The summed E-state index contributed by atoms with van der Waals surface area (Å²) in [6.45, 7) is 0.440. The van der Waals surface area contributed by atoms with E-state index in [9.17, 15) is 8.42 Å². The number of hydrogen-bond acceptors (Lipinski definition) is 6. The van der Waals surface area contributed by atoms with Gasteiger partial charge in [0.25, 0.3) is 0 Å². The zero-order chi connectivity index (χ0) is 16.3. The fourth-order valence-corrected chi connectivity index (χ4v) is 3.21. The molecule has 0 atom stereocenters. The van der Waals surface area contributed by atoms with Crippen LogP contribution < -0.4 is 15.5 Å². The van der Waals surface area contributed by atoms with Crippen LogP contribution in [-0.4, -0.2) is 32.8 Å². The Morgan fingerprint density at radius 3 is 2.86 bits per heavy atom. The van der Waals surface area contributed by atoms with E-state index < -0.39 is 15.9 Å². The third kappa shape index (κ3) is 3.35. The summed E-state index contributed by atoms with van der Waals surface area (Å²) < 4.78 is 25.1. The molecule has 1 aliphatic heterocycles. The molecule has 22 heavy (non-hydrogen) atoms. The molecule has 0 amide bonds. The Kier molecular flexibility index (Phi) is 4.32. The highest BCUT2D eigenvalue weighted by Gasteiger charge is 2.24. The standard InChI is InChI=1S/C13H16N6O2S/c1-22(20,21)19-6-2-3-9-4-5-10(7-12(9)19)17-18-11(8-14)13(15)16/h4-5,7,17H,2-3,6H2,1H3,(H3,15,16)/b18-11+. The van der Waals surface area contributed by atoms with Crippen molar-refractivity contribution < 1.29 is 8.42 Å². The van der Waals surface area contributed by atoms with E-state index in [-0.39, 0.29) is 5.71 Å². The molecule has 0 saturated carbocycles. The molecule has 0 unspecified atom stereocenters. The van der Waals surface area contributed by atoms with Crippen LogP contribution >= 0.6 is 0 Å². The molecular formula is C13H16N6O2S. The molecule has 9 heteroatoms. The lowest BCUT2D eigenvalue weighted by Crippen LogP contribution is -2.34. The Labute approximate surface area is 128 Å². The first kappa shape index (κ1) is 15.8. The number of nitrogens with two attached hydrogens (primary N) is 1. The predicted octanol–water partition coefficient (Wildman–Crippen LogP) is 0.626. The van der Waals surface area contributed by atoms with E-state index in [0.29, 0.717) is 17.9 Å². The molecule has 4 N–H and O–H groups in total. The lowest BCUT2D eigenvalue weighted by Gasteiger charge is -2.29. The van der Waals surface area contributed by atoms with Crippen LogP contribution in [0.3, 0.4) is 0 Å². The third-order valence-electron chi connectivity index (χ3n) is 3.22. The molecule has 1 aromatic rings. The molecule has 0 saturated heterocycles. The van der Waals surface area contributed by atoms with Gasteiger partial charge in [-0.15, -0.1) is 0 Å². The van der Waals surface area contributed by atoms with Gasteiger partial charge in [-0.3, -0.25) is 15.1 Å². The molecule has 1 aliphatic rings. The smallest absolute Gasteiger partial charge is 0.232 e. The minimum atomic E-state index is -3.34. The van der Waals surface area contributed by atoms with Crippen LogP contribution in [0.1, 0.15) is 12.0 Å². The van der Waals surface area contributed by atoms with Crippen LogP contribution in [0, 0.1) is 16.7 Å². The van der Waals surface area contributed by atoms with Crippen molar-refractivity contribution in [3.05, 3.63) is 23.8 Å². The topological polar surface area (TPSA) is 135 Å². The fourth-order valence-electron chi connectivity index (χ4n) is 2.22. The van der Waals surface area contributed by atoms with Gasteiger partial charge >= 0.3 is 0 Å². The minimum absolute atomic E-state index is 0.238. The maximum atomic E-state index is 11.9. The van der Waals surface area contributed by atoms with Crippen LogP contribution in [-0.2, 0) is 16.4 Å². The number of nitriles is 1. The molecule has 116 valence electrons. The first-order valence-corrected chi connectivity index (χ1v) is 8.36. The van der Waals surface area contributed by atoms with Gasteiger partial charge in [-0.2, -0.15) is 10.4 Å². The van der Waals surface area contributed by atoms with Crippen LogP contribution in [0.2, 0.25) is 0 Å². The number of nitrogens with zero attached hydrogens (tertiary/aromatic N) is 3. The second-order valence-electron chi connectivity index (χ2n) is 4.88. The lowest BCUT2D eigenvalue weighted by molar-refractivity contribution is 0.592. The number of rotatable bonds is 4. The Balaban J connectivity index is 2.35. The summed E-state index contributed by atoms with van der Waals surface area (Å²) in [5.41, 5.74) is 9.65. The molecule has 1 aromatic carbocycles. The molecule has 0 fully saturated rings. The van der Waals surface area contributed by atoms with Gasteiger partial charge in [-0.25, -0.2) is 8.42 Å². The van der Waals surface area contributed by atoms with Gasteiger partial charge in [0.15, 0.2) is 5.84 Å². The summed E-state index contributed by atoms with van der Waals surface area (Å²) in [4.78, 5) is 0. The maximum absolute atomic E-state index is 11.9. The summed E-state index contributed by atoms with van der Waals surface area (Å²) in [5, 5.41) is 19.7. The van der Waals surface area contributed by atoms with Crippen molar-refractivity contribution in [1.29, 1.82) is 10.7 Å². The second-order valence-corrected chi connectivity index (χ2v) is 6.79. The van der Waals surface area contributed by atoms with Crippen LogP contribution in [0.4, 0.5) is 11.4 Å². The number of anilines is 2. The van der Waals surface area contributed by atoms with E-state index in [1.165, 1.54) is 10.6 Å². The quantitative estimate of drug-likeness (QED) is 0.424. The Hall–Kier alpha value is -2.60. The Morgan fingerprint density at radius 1 is 1.55 bits per heavy atom. The van der Waals surface area contributed by atoms with Crippen LogP contribution in [0.5, 0.6) is 0 Å². The monoisotopic (exact) mass is 320 g/mol. The average molecular weight is 320 g/mol. The Morgan fingerprint density at radius 2 is 2.27 bits per heavy atom. The predicted molar refractivity (Wildman–Crippen MR) is 85.5 cm³/mol. The highest BCUT2D eigenvalue weighted by atomic mass is 32.2. The minimum Gasteiger partial charge on any atom is -0.382 e. The molecule has 1 heterocycles. The molecule has 2 rings (SSSR count). The summed E-state index contributed by atoms with van der Waals surface area (Å²) in [6, 6.07) is 6.92. The van der Waals surface area contributed by atoms with Crippen molar-refractivity contribution >= 4 is 32.9 Å². The third-order valence-corrected chi connectivity index (χ3v) is 4.40. The summed E-state index contributed by atoms with van der Waals surface area (Å²) in [7, 11) is -3.34. The normalized spacial score (nSPS) is 14.9. The summed E-state index contributed by atoms with van der Waals surface area (Å²) >= 11 is 0. The van der Waals surface area contributed by atoms with Crippen molar-refractivity contribution in [2.45, 2.75) is 12.8 Å². The van der Waals surface area contributed by atoms with Gasteiger partial charge in [-0.1, -0.05) is 6.07 Å². The van der Waals surface area contributed by atoms with Crippen molar-refractivity contribution in [3.8, 4) is 6.07 Å². The van der Waals surface area contributed by atoms with E-state index in [1.54, 1.807) is 18.2 Å². The van der Waals surface area contributed by atoms with Gasteiger partial charge in [0.1, 0.15) is 6.07 Å². The zero-order valence-electron chi connectivity index (χ0n) is 12.0. The molecule has 0 aromatic heterocycles. The van der Waals surface area contributed by atoms with Crippen molar-refractivity contribution in [2.75, 3.05) is 22.5 Å². The van der Waals surface area contributed by atoms with Crippen molar-refractivity contribution in [2.24, 2.45) is 10.8 Å². The lowest BCUT2D eigenvalue weighted by atomic mass is 10.0. The van der Waals surface area contributed by atoms with E-state index in [4.69, 9.17) is 16.4 Å². The number of sulfonamides is 1. The molecule has 8 nitrogen and oxygen atoms in total. The maximum Gasteiger partial charge on any atom is 0.232 e. The number of aryl methyl sites for hydroxylation is 1. The van der Waals surface area contributed by atoms with E-state index >= 15 is 0 Å². The first-order chi connectivity index (χ1) is 10.3. The first-order valence-electron chi connectivity index (χ1n) is 6.52. The molecule has 0 bridgehead atoms. The molecular weight excluding hydrogens is 304 g/mol. The molecule has 0 aliphatic carbocycles. The fraction of sp³-hybridized carbons (Fsp3) is 0.308. The van der Waals surface area contributed by atoms with Gasteiger partial charge in [0, 0.05) is 6.54 Å². The molecule has 0 spiro atoms. The van der Waals surface area contributed by atoms with E-state index in [2.05, 4.69) is 10.5 Å². The van der Waals surface area contributed by atoms with Gasteiger partial charge < -0.3 is 5.73 Å². The van der Waals surface area contributed by atoms with Gasteiger partial charge in [0.2, 0.25) is 15.7 Å². The number of fused-ring (bicyclic) bond motifs is 1. The van der Waals surface area contributed by atoms with Gasteiger partial charge in [-0.05, 0) is 30.5 Å². The van der Waals surface area contributed by atoms with Gasteiger partial charge in [0.05, 0.1) is 17.6 Å². The number of amidine groups is 1. The summed E-state index contributed by atoms with van der Waals surface area (Å²) in [5.74, 6) is -0.439. The van der Waals surface area contributed by atoms with Crippen LogP contribution in [0.15, 0.2) is 23.3 Å². The number of hydrazone groups is 1. The Bertz CT molecular complexity index is 778. The largest absolute Gasteiger partial charge is 0.382 e. The molecule has 0 radical (unpaired) electrons. The van der Waals surface area contributed by atoms with E-state index in [0.717, 1.165) is 18.4 Å². The highest BCUT2D eigenvalue weighted by molar-refractivity contribution is 7.92. The summed E-state index contributed by atoms with van der Waals surface area (Å²) in [6.07, 6.45) is 2.75. The van der Waals surface area contributed by atoms with Crippen molar-refractivity contribution in [3.63, 3.8) is 0 Å². The highest BCUT2D eigenvalue weighted by Crippen LogP contribution is 2.31. The average Bonchev–Trinajstić information content (AvgIpc) is 2.45. The SMILES string of the molecule is CS(=O)(=O)N1CCCc2ccc(N/N=C(\C#N)C(=N)N)cc21. The van der Waals surface area contributed by atoms with Crippen molar-refractivity contribution in [1.82, 2.24) is 0 Å².